The van der Waals surface area contributed by atoms with Gasteiger partial charge in [-0.1, -0.05) is 0 Å². The smallest absolute Gasteiger partial charge is 0.236 e. The van der Waals surface area contributed by atoms with Gasteiger partial charge in [-0.15, -0.1) is 0 Å². The summed E-state index contributed by atoms with van der Waals surface area (Å²) < 4.78 is 0. The Morgan fingerprint density at radius 3 is 2.33 bits per heavy atom. The lowest BCUT2D eigenvalue weighted by molar-refractivity contribution is -0.135. The molecule has 0 spiro atoms. The maximum Gasteiger partial charge on any atom is 0.236 e. The molecule has 24 heavy (non-hydrogen) atoms. The average Bonchev–Trinajstić information content (AvgIpc) is 2.48. The van der Waals surface area contributed by atoms with Crippen molar-refractivity contribution < 1.29 is 9.59 Å². The minimum absolute atomic E-state index is 0.0527. The van der Waals surface area contributed by atoms with Crippen molar-refractivity contribution in [1.82, 2.24) is 25.3 Å². The molecule has 0 aromatic rings. The number of nitrogens with one attached hydrogen (secondary N) is 2. The van der Waals surface area contributed by atoms with Gasteiger partial charge in [0.15, 0.2) is 0 Å². The second kappa shape index (κ2) is 8.27. The molecule has 1 atom stereocenters. The standard InChI is InChI=1S/C17H33N5O2/c1-14-11-18-5-6-22(14)13-16(24)21-9-7-20(8-10-21)12-15(23)19-17(2,3)4/h14,18H,5-13H2,1-4H3,(H,19,23)/t14-/m1/s1. The first-order valence-corrected chi connectivity index (χ1v) is 9.00. The van der Waals surface area contributed by atoms with Crippen molar-refractivity contribution in [2.24, 2.45) is 0 Å². The van der Waals surface area contributed by atoms with Gasteiger partial charge < -0.3 is 15.5 Å². The summed E-state index contributed by atoms with van der Waals surface area (Å²) in [5.74, 6) is 0.263. The molecule has 0 radical (unpaired) electrons. The van der Waals surface area contributed by atoms with Gasteiger partial charge in [-0.2, -0.15) is 0 Å². The highest BCUT2D eigenvalue weighted by Gasteiger charge is 2.26. The van der Waals surface area contributed by atoms with Crippen LogP contribution in [0.25, 0.3) is 0 Å². The molecule has 2 aliphatic rings. The predicted octanol–water partition coefficient (Wildman–Crippen LogP) is -0.661. The average molecular weight is 339 g/mol. The Morgan fingerprint density at radius 1 is 1.08 bits per heavy atom. The summed E-state index contributed by atoms with van der Waals surface area (Å²) in [5, 5.41) is 6.33. The Bertz CT molecular complexity index is 441. The third kappa shape index (κ3) is 6.03. The molecule has 2 rings (SSSR count). The van der Waals surface area contributed by atoms with E-state index < -0.39 is 0 Å². The van der Waals surface area contributed by atoms with Crippen molar-refractivity contribution in [3.8, 4) is 0 Å². The van der Waals surface area contributed by atoms with Gasteiger partial charge in [0, 0.05) is 57.4 Å². The van der Waals surface area contributed by atoms with Crippen LogP contribution in [0.15, 0.2) is 0 Å². The van der Waals surface area contributed by atoms with Gasteiger partial charge in [0.1, 0.15) is 0 Å². The van der Waals surface area contributed by atoms with Crippen molar-refractivity contribution in [3.63, 3.8) is 0 Å². The topological polar surface area (TPSA) is 67.9 Å². The fraction of sp³-hybridized carbons (Fsp3) is 0.882. The number of rotatable bonds is 4. The van der Waals surface area contributed by atoms with Crippen LogP contribution in [0.2, 0.25) is 0 Å². The molecule has 0 aromatic heterocycles. The highest BCUT2D eigenvalue weighted by atomic mass is 16.2. The van der Waals surface area contributed by atoms with Crippen LogP contribution in [-0.2, 0) is 9.59 Å². The monoisotopic (exact) mass is 339 g/mol. The number of hydrogen-bond acceptors (Lipinski definition) is 5. The largest absolute Gasteiger partial charge is 0.350 e. The summed E-state index contributed by atoms with van der Waals surface area (Å²) in [6.07, 6.45) is 0. The van der Waals surface area contributed by atoms with Crippen LogP contribution < -0.4 is 10.6 Å². The molecule has 7 heteroatoms. The van der Waals surface area contributed by atoms with E-state index >= 15 is 0 Å². The first-order chi connectivity index (χ1) is 11.2. The first kappa shape index (κ1) is 19.1. The Labute approximate surface area is 145 Å². The highest BCUT2D eigenvalue weighted by molar-refractivity contribution is 5.79. The van der Waals surface area contributed by atoms with Crippen LogP contribution in [0, 0.1) is 0 Å². The lowest BCUT2D eigenvalue weighted by Gasteiger charge is -2.38. The van der Waals surface area contributed by atoms with Crippen LogP contribution in [0.5, 0.6) is 0 Å². The lowest BCUT2D eigenvalue weighted by Crippen LogP contribution is -2.56. The van der Waals surface area contributed by atoms with Gasteiger partial charge in [-0.25, -0.2) is 0 Å². The SMILES string of the molecule is C[C@@H]1CNCCN1CC(=O)N1CCN(CC(=O)NC(C)(C)C)CC1. The molecule has 7 nitrogen and oxygen atoms in total. The molecule has 0 bridgehead atoms. The van der Waals surface area contributed by atoms with Crippen molar-refractivity contribution in [2.75, 3.05) is 58.9 Å². The summed E-state index contributed by atoms with van der Waals surface area (Å²) >= 11 is 0. The van der Waals surface area contributed by atoms with Crippen molar-refractivity contribution in [2.45, 2.75) is 39.3 Å². The van der Waals surface area contributed by atoms with Crippen molar-refractivity contribution >= 4 is 11.8 Å². The summed E-state index contributed by atoms with van der Waals surface area (Å²) in [4.78, 5) is 30.8. The van der Waals surface area contributed by atoms with E-state index in [-0.39, 0.29) is 17.4 Å². The highest BCUT2D eigenvalue weighted by Crippen LogP contribution is 2.07. The fourth-order valence-corrected chi connectivity index (χ4v) is 3.21. The quantitative estimate of drug-likeness (QED) is 0.712. The Balaban J connectivity index is 1.72. The minimum Gasteiger partial charge on any atom is -0.350 e. The van der Waals surface area contributed by atoms with Gasteiger partial charge in [-0.3, -0.25) is 19.4 Å². The molecule has 2 fully saturated rings. The number of carbonyl (C=O) groups excluding carboxylic acids is 2. The summed E-state index contributed by atoms with van der Waals surface area (Å²) in [7, 11) is 0. The van der Waals surface area contributed by atoms with Gasteiger partial charge >= 0.3 is 0 Å². The molecule has 2 amide bonds. The van der Waals surface area contributed by atoms with Gasteiger partial charge in [0.05, 0.1) is 13.1 Å². The molecule has 2 N–H and O–H groups in total. The zero-order valence-electron chi connectivity index (χ0n) is 15.6. The summed E-state index contributed by atoms with van der Waals surface area (Å²) in [6, 6.07) is 0.407. The summed E-state index contributed by atoms with van der Waals surface area (Å²) in [5.41, 5.74) is -0.200. The molecule has 0 saturated carbocycles. The van der Waals surface area contributed by atoms with E-state index in [1.807, 2.05) is 25.7 Å². The van der Waals surface area contributed by atoms with Gasteiger partial charge in [-0.05, 0) is 27.7 Å². The summed E-state index contributed by atoms with van der Waals surface area (Å²) in [6.45, 7) is 14.8. The molecule has 2 aliphatic heterocycles. The van der Waals surface area contributed by atoms with Gasteiger partial charge in [0.2, 0.25) is 11.8 Å². The minimum atomic E-state index is -0.200. The van der Waals surface area contributed by atoms with E-state index in [2.05, 4.69) is 27.4 Å². The number of nitrogens with zero attached hydrogens (tertiary/aromatic N) is 3. The maximum atomic E-state index is 12.5. The van der Waals surface area contributed by atoms with Crippen LogP contribution in [-0.4, -0.2) is 97.0 Å². The predicted molar refractivity (Wildman–Crippen MR) is 94.8 cm³/mol. The second-order valence-corrected chi connectivity index (χ2v) is 7.98. The maximum absolute atomic E-state index is 12.5. The van der Waals surface area contributed by atoms with E-state index in [1.165, 1.54) is 0 Å². The molecular weight excluding hydrogens is 306 g/mol. The first-order valence-electron chi connectivity index (χ1n) is 9.00. The van der Waals surface area contributed by atoms with Crippen LogP contribution in [0.3, 0.4) is 0 Å². The number of hydrogen-bond donors (Lipinski definition) is 2. The van der Waals surface area contributed by atoms with Crippen LogP contribution >= 0.6 is 0 Å². The zero-order chi connectivity index (χ0) is 17.7. The van der Waals surface area contributed by atoms with E-state index in [4.69, 9.17) is 0 Å². The van der Waals surface area contributed by atoms with Crippen LogP contribution in [0.4, 0.5) is 0 Å². The molecule has 0 aliphatic carbocycles. The molecule has 0 unspecified atom stereocenters. The van der Waals surface area contributed by atoms with E-state index in [9.17, 15) is 9.59 Å². The number of amides is 2. The van der Waals surface area contributed by atoms with E-state index in [0.29, 0.717) is 32.2 Å². The molecule has 2 saturated heterocycles. The lowest BCUT2D eigenvalue weighted by atomic mass is 10.1. The normalized spacial score (nSPS) is 24.0. The zero-order valence-corrected chi connectivity index (χ0v) is 15.6. The van der Waals surface area contributed by atoms with E-state index in [0.717, 1.165) is 32.7 Å². The van der Waals surface area contributed by atoms with Crippen LogP contribution in [0.1, 0.15) is 27.7 Å². The van der Waals surface area contributed by atoms with Crippen molar-refractivity contribution in [1.29, 1.82) is 0 Å². The van der Waals surface area contributed by atoms with Crippen molar-refractivity contribution in [3.05, 3.63) is 0 Å². The third-order valence-corrected chi connectivity index (χ3v) is 4.58. The Kier molecular flexibility index (Phi) is 6.60. The fourth-order valence-electron chi connectivity index (χ4n) is 3.21. The molecule has 0 aromatic carbocycles. The number of piperazine rings is 2. The third-order valence-electron chi connectivity index (χ3n) is 4.58. The molecule has 138 valence electrons. The van der Waals surface area contributed by atoms with Gasteiger partial charge in [0.25, 0.3) is 0 Å². The molecular formula is C17H33N5O2. The number of carbonyl (C=O) groups is 2. The molecule has 2 heterocycles. The van der Waals surface area contributed by atoms with E-state index in [1.54, 1.807) is 0 Å². The Hall–Kier alpha value is -1.18. The second-order valence-electron chi connectivity index (χ2n) is 7.98. The Morgan fingerprint density at radius 2 is 1.75 bits per heavy atom.